The third-order valence-corrected chi connectivity index (χ3v) is 4.47. The summed E-state index contributed by atoms with van der Waals surface area (Å²) in [4.78, 5) is 40.9. The number of benzene rings is 1. The highest BCUT2D eigenvalue weighted by Crippen LogP contribution is 2.31. The van der Waals surface area contributed by atoms with Gasteiger partial charge >= 0.3 is 12.1 Å². The molecule has 1 saturated heterocycles. The first kappa shape index (κ1) is 21.3. The number of hydrogen-bond acceptors (Lipinski definition) is 8. The van der Waals surface area contributed by atoms with E-state index in [1.54, 1.807) is 32.9 Å². The van der Waals surface area contributed by atoms with Crippen LogP contribution in [0.4, 0.5) is 10.5 Å². The van der Waals surface area contributed by atoms with Gasteiger partial charge in [-0.2, -0.15) is 0 Å². The first-order valence-corrected chi connectivity index (χ1v) is 9.48. The molecule has 10 heteroatoms. The van der Waals surface area contributed by atoms with Crippen molar-refractivity contribution in [2.75, 3.05) is 13.3 Å². The number of pyridine rings is 1. The van der Waals surface area contributed by atoms with Crippen LogP contribution < -0.4 is 4.74 Å². The van der Waals surface area contributed by atoms with E-state index in [1.165, 1.54) is 23.2 Å². The Balaban J connectivity index is 1.64. The standard InChI is InChI=1S/C20H23N3O7/c1-20(2,3)30-19(25)22-11-5-7-15(22)18(24)29-12-28-16-9-8-14(23(26)27)13-6-4-10-21-17(13)16/h4,6,8-10,15H,5,7,11-12H2,1-3H3/t15-/m0/s1. The first-order chi connectivity index (χ1) is 14.2. The number of esters is 1. The predicted molar refractivity (Wildman–Crippen MR) is 106 cm³/mol. The van der Waals surface area contributed by atoms with Gasteiger partial charge in [-0.15, -0.1) is 0 Å². The van der Waals surface area contributed by atoms with Crippen molar-refractivity contribution < 1.29 is 28.7 Å². The van der Waals surface area contributed by atoms with Crippen LogP contribution in [0.2, 0.25) is 0 Å². The van der Waals surface area contributed by atoms with Crippen molar-refractivity contribution >= 4 is 28.7 Å². The van der Waals surface area contributed by atoms with Gasteiger partial charge in [0, 0.05) is 18.8 Å². The van der Waals surface area contributed by atoms with Gasteiger partial charge in [-0.3, -0.25) is 20.0 Å². The van der Waals surface area contributed by atoms with Crippen LogP contribution in [0, 0.1) is 10.1 Å². The minimum atomic E-state index is -0.741. The number of aromatic nitrogens is 1. The van der Waals surface area contributed by atoms with E-state index in [0.29, 0.717) is 30.3 Å². The second-order valence-electron chi connectivity index (χ2n) is 7.80. The SMILES string of the molecule is CC(C)(C)OC(=O)N1CCC[C@H]1C(=O)OCOc1ccc([N+](=O)[O-])c2cccnc12. The number of nitrogens with zero attached hydrogens (tertiary/aromatic N) is 3. The molecule has 0 spiro atoms. The molecule has 0 aliphatic carbocycles. The fraction of sp³-hybridized carbons (Fsp3) is 0.450. The predicted octanol–water partition coefficient (Wildman–Crippen LogP) is 3.42. The van der Waals surface area contributed by atoms with Gasteiger partial charge < -0.3 is 14.2 Å². The van der Waals surface area contributed by atoms with Crippen molar-refractivity contribution in [1.82, 2.24) is 9.88 Å². The van der Waals surface area contributed by atoms with Crippen LogP contribution >= 0.6 is 0 Å². The zero-order valence-electron chi connectivity index (χ0n) is 17.0. The van der Waals surface area contributed by atoms with E-state index in [-0.39, 0.29) is 11.4 Å². The largest absolute Gasteiger partial charge is 0.455 e. The molecular formula is C20H23N3O7. The van der Waals surface area contributed by atoms with Crippen LogP contribution in [0.15, 0.2) is 30.5 Å². The third kappa shape index (κ3) is 4.76. The van der Waals surface area contributed by atoms with Crippen LogP contribution in [-0.2, 0) is 14.3 Å². The van der Waals surface area contributed by atoms with Gasteiger partial charge in [-0.25, -0.2) is 9.59 Å². The van der Waals surface area contributed by atoms with Gasteiger partial charge in [0.2, 0.25) is 6.79 Å². The van der Waals surface area contributed by atoms with E-state index < -0.39 is 35.4 Å². The van der Waals surface area contributed by atoms with E-state index in [0.717, 1.165) is 0 Å². The Kier molecular flexibility index (Phi) is 6.04. The Morgan fingerprint density at radius 2 is 2.07 bits per heavy atom. The second kappa shape index (κ2) is 8.52. The molecule has 2 heterocycles. The molecule has 0 N–H and O–H groups in total. The summed E-state index contributed by atoms with van der Waals surface area (Å²) in [6.07, 6.45) is 2.06. The normalized spacial score (nSPS) is 16.4. The third-order valence-electron chi connectivity index (χ3n) is 4.47. The van der Waals surface area contributed by atoms with E-state index in [9.17, 15) is 19.7 Å². The summed E-state index contributed by atoms with van der Waals surface area (Å²) in [5.74, 6) is -0.350. The van der Waals surface area contributed by atoms with E-state index in [4.69, 9.17) is 14.2 Å². The Labute approximate surface area is 172 Å². The Hall–Kier alpha value is -3.43. The van der Waals surface area contributed by atoms with Gasteiger partial charge in [-0.1, -0.05) is 0 Å². The Morgan fingerprint density at radius 1 is 1.30 bits per heavy atom. The van der Waals surface area contributed by atoms with Crippen molar-refractivity contribution in [3.63, 3.8) is 0 Å². The summed E-state index contributed by atoms with van der Waals surface area (Å²) in [7, 11) is 0. The molecular weight excluding hydrogens is 394 g/mol. The molecule has 0 saturated carbocycles. The molecule has 0 unspecified atom stereocenters. The van der Waals surface area contributed by atoms with Crippen molar-refractivity contribution in [2.45, 2.75) is 45.3 Å². The van der Waals surface area contributed by atoms with Gasteiger partial charge in [0.05, 0.1) is 10.3 Å². The Bertz CT molecular complexity index is 971. The number of fused-ring (bicyclic) bond motifs is 1. The maximum Gasteiger partial charge on any atom is 0.411 e. The molecule has 1 amide bonds. The molecule has 1 aromatic heterocycles. The quantitative estimate of drug-likeness (QED) is 0.314. The molecule has 10 nitrogen and oxygen atoms in total. The van der Waals surface area contributed by atoms with Gasteiger partial charge in [0.1, 0.15) is 22.9 Å². The average molecular weight is 417 g/mol. The zero-order chi connectivity index (χ0) is 21.9. The number of ether oxygens (including phenoxy) is 3. The summed E-state index contributed by atoms with van der Waals surface area (Å²) in [6, 6.07) is 5.13. The smallest absolute Gasteiger partial charge is 0.411 e. The molecule has 1 atom stereocenters. The van der Waals surface area contributed by atoms with E-state index in [2.05, 4.69) is 4.98 Å². The summed E-state index contributed by atoms with van der Waals surface area (Å²) < 4.78 is 16.0. The molecule has 0 bridgehead atoms. The molecule has 1 aliphatic heterocycles. The van der Waals surface area contributed by atoms with Gasteiger partial charge in [0.25, 0.3) is 5.69 Å². The van der Waals surface area contributed by atoms with Crippen LogP contribution in [-0.4, -0.2) is 51.9 Å². The lowest BCUT2D eigenvalue weighted by molar-refractivity contribution is -0.383. The maximum absolute atomic E-state index is 12.5. The number of nitro benzene ring substituents is 1. The molecule has 0 radical (unpaired) electrons. The number of carbonyl (C=O) groups is 2. The molecule has 1 aliphatic rings. The summed E-state index contributed by atoms with van der Waals surface area (Å²) in [6.45, 7) is 5.26. The number of rotatable bonds is 5. The van der Waals surface area contributed by atoms with Gasteiger partial charge in [0.15, 0.2) is 0 Å². The average Bonchev–Trinajstić information content (AvgIpc) is 3.16. The first-order valence-electron chi connectivity index (χ1n) is 9.48. The highest BCUT2D eigenvalue weighted by atomic mass is 16.7. The Morgan fingerprint density at radius 3 is 2.77 bits per heavy atom. The van der Waals surface area contributed by atoms with Crippen LogP contribution in [0.5, 0.6) is 5.75 Å². The molecule has 3 rings (SSSR count). The lowest BCUT2D eigenvalue weighted by Crippen LogP contribution is -2.44. The highest BCUT2D eigenvalue weighted by Gasteiger charge is 2.37. The number of amides is 1. The number of nitro groups is 1. The molecule has 160 valence electrons. The van der Waals surface area contributed by atoms with Crippen molar-refractivity contribution in [3.8, 4) is 5.75 Å². The fourth-order valence-corrected chi connectivity index (χ4v) is 3.21. The summed E-state index contributed by atoms with van der Waals surface area (Å²) in [5.41, 5.74) is -0.471. The fourth-order valence-electron chi connectivity index (χ4n) is 3.21. The van der Waals surface area contributed by atoms with Crippen LogP contribution in [0.25, 0.3) is 10.9 Å². The van der Waals surface area contributed by atoms with Crippen LogP contribution in [0.3, 0.4) is 0 Å². The van der Waals surface area contributed by atoms with E-state index in [1.807, 2.05) is 0 Å². The van der Waals surface area contributed by atoms with Crippen molar-refractivity contribution in [3.05, 3.63) is 40.6 Å². The molecule has 2 aromatic rings. The molecule has 1 aromatic carbocycles. The second-order valence-corrected chi connectivity index (χ2v) is 7.80. The summed E-state index contributed by atoms with van der Waals surface area (Å²) >= 11 is 0. The molecule has 1 fully saturated rings. The molecule has 30 heavy (non-hydrogen) atoms. The van der Waals surface area contributed by atoms with E-state index >= 15 is 0 Å². The number of non-ortho nitro benzene ring substituents is 1. The lowest BCUT2D eigenvalue weighted by atomic mass is 10.1. The minimum absolute atomic E-state index is 0.0959. The topological polar surface area (TPSA) is 121 Å². The minimum Gasteiger partial charge on any atom is -0.455 e. The van der Waals surface area contributed by atoms with Gasteiger partial charge in [-0.05, 0) is 51.8 Å². The monoisotopic (exact) mass is 417 g/mol. The number of carbonyl (C=O) groups excluding carboxylic acids is 2. The van der Waals surface area contributed by atoms with Crippen molar-refractivity contribution in [1.29, 1.82) is 0 Å². The summed E-state index contributed by atoms with van der Waals surface area (Å²) in [5, 5.41) is 11.5. The maximum atomic E-state index is 12.5. The van der Waals surface area contributed by atoms with Crippen LogP contribution in [0.1, 0.15) is 33.6 Å². The number of likely N-dealkylation sites (tertiary alicyclic amines) is 1. The number of hydrogen-bond donors (Lipinski definition) is 0. The highest BCUT2D eigenvalue weighted by molar-refractivity contribution is 5.92. The van der Waals surface area contributed by atoms with Crippen molar-refractivity contribution in [2.24, 2.45) is 0 Å². The zero-order valence-corrected chi connectivity index (χ0v) is 17.0. The lowest BCUT2D eigenvalue weighted by Gasteiger charge is -2.27.